The van der Waals surface area contributed by atoms with Gasteiger partial charge in [-0.05, 0) is 0 Å². The highest BCUT2D eigenvalue weighted by Crippen LogP contribution is 2.30. The smallest absolute Gasteiger partial charge is 0.267 e. The minimum Gasteiger partial charge on any atom is -0.397 e. The number of nitrogen functional groups attached to an aromatic ring is 2. The molecule has 0 amide bonds. The van der Waals surface area contributed by atoms with E-state index in [4.69, 9.17) is 17.2 Å². The average Bonchev–Trinajstić information content (AvgIpc) is 2.08. The topological polar surface area (TPSA) is 90.9 Å². The van der Waals surface area contributed by atoms with Gasteiger partial charge < -0.3 is 17.2 Å². The van der Waals surface area contributed by atoms with Gasteiger partial charge >= 0.3 is 0 Å². The Morgan fingerprint density at radius 2 is 2.00 bits per heavy atom. The number of halogens is 2. The second kappa shape index (κ2) is 3.53. The molecule has 0 aliphatic rings. The first-order chi connectivity index (χ1) is 6.07. The summed E-state index contributed by atoms with van der Waals surface area (Å²) in [6, 6.07) is 0. The van der Waals surface area contributed by atoms with Crippen LogP contribution < -0.4 is 17.2 Å². The fraction of sp³-hybridized carbons (Fsp3) is 0.286. The molecule has 0 unspecified atom stereocenters. The fourth-order valence-corrected chi connectivity index (χ4v) is 1.00. The van der Waals surface area contributed by atoms with Crippen molar-refractivity contribution in [2.24, 2.45) is 5.73 Å². The van der Waals surface area contributed by atoms with Gasteiger partial charge in [-0.15, -0.1) is 0 Å². The van der Waals surface area contributed by atoms with Crippen LogP contribution in [0.25, 0.3) is 0 Å². The number of anilines is 2. The molecule has 0 aliphatic heterocycles. The average molecular weight is 188 g/mol. The van der Waals surface area contributed by atoms with Crippen molar-refractivity contribution in [1.82, 2.24) is 4.98 Å². The van der Waals surface area contributed by atoms with Crippen molar-refractivity contribution in [3.8, 4) is 0 Å². The number of pyridine rings is 1. The summed E-state index contributed by atoms with van der Waals surface area (Å²) in [5.41, 5.74) is 15.5. The van der Waals surface area contributed by atoms with Crippen molar-refractivity contribution >= 4 is 11.4 Å². The Morgan fingerprint density at radius 1 is 1.38 bits per heavy atom. The maximum atomic E-state index is 12.4. The van der Waals surface area contributed by atoms with Crippen LogP contribution in [0.1, 0.15) is 17.7 Å². The van der Waals surface area contributed by atoms with Crippen LogP contribution >= 0.6 is 0 Å². The van der Waals surface area contributed by atoms with E-state index in [0.717, 1.165) is 0 Å². The highest BCUT2D eigenvalue weighted by Gasteiger charge is 2.18. The summed E-state index contributed by atoms with van der Waals surface area (Å²) in [6.45, 7) is -0.0792. The Balaban J connectivity index is 3.32. The van der Waals surface area contributed by atoms with Gasteiger partial charge in [-0.3, -0.25) is 4.98 Å². The van der Waals surface area contributed by atoms with Gasteiger partial charge in [0.1, 0.15) is 0 Å². The lowest BCUT2D eigenvalue weighted by atomic mass is 10.1. The third-order valence-corrected chi connectivity index (χ3v) is 1.68. The van der Waals surface area contributed by atoms with Crippen LogP contribution in [0.2, 0.25) is 0 Å². The Kier molecular flexibility index (Phi) is 2.62. The van der Waals surface area contributed by atoms with Crippen molar-refractivity contribution in [2.45, 2.75) is 13.0 Å². The molecule has 0 saturated carbocycles. The van der Waals surface area contributed by atoms with Crippen molar-refractivity contribution < 1.29 is 8.78 Å². The molecule has 72 valence electrons. The van der Waals surface area contributed by atoms with Gasteiger partial charge in [-0.1, -0.05) is 0 Å². The summed E-state index contributed by atoms with van der Waals surface area (Å²) in [5, 5.41) is 0. The number of rotatable bonds is 2. The maximum absolute atomic E-state index is 12.4. The quantitative estimate of drug-likeness (QED) is 0.635. The summed E-state index contributed by atoms with van der Waals surface area (Å²) < 4.78 is 24.8. The van der Waals surface area contributed by atoms with E-state index >= 15 is 0 Å². The highest BCUT2D eigenvalue weighted by atomic mass is 19.3. The maximum Gasteiger partial charge on any atom is 0.267 e. The second-order valence-corrected chi connectivity index (χ2v) is 2.49. The second-order valence-electron chi connectivity index (χ2n) is 2.49. The lowest BCUT2D eigenvalue weighted by molar-refractivity contribution is 0.150. The van der Waals surface area contributed by atoms with Crippen LogP contribution in [0.3, 0.4) is 0 Å². The Morgan fingerprint density at radius 3 is 2.46 bits per heavy atom. The van der Waals surface area contributed by atoms with Crippen LogP contribution in [0.5, 0.6) is 0 Å². The van der Waals surface area contributed by atoms with Gasteiger partial charge in [0, 0.05) is 6.54 Å². The summed E-state index contributed by atoms with van der Waals surface area (Å²) >= 11 is 0. The zero-order valence-corrected chi connectivity index (χ0v) is 6.80. The number of hydrogen-bond acceptors (Lipinski definition) is 4. The summed E-state index contributed by atoms with van der Waals surface area (Å²) in [4.78, 5) is 3.67. The molecule has 0 radical (unpaired) electrons. The van der Waals surface area contributed by atoms with Gasteiger partial charge in [0.15, 0.2) is 0 Å². The molecule has 0 aliphatic carbocycles. The van der Waals surface area contributed by atoms with Gasteiger partial charge in [-0.2, -0.15) is 0 Å². The first-order valence-electron chi connectivity index (χ1n) is 3.58. The van der Waals surface area contributed by atoms with E-state index in [-0.39, 0.29) is 29.2 Å². The third-order valence-electron chi connectivity index (χ3n) is 1.68. The zero-order chi connectivity index (χ0) is 10.0. The van der Waals surface area contributed by atoms with Gasteiger partial charge in [0.05, 0.1) is 28.8 Å². The molecule has 1 aromatic heterocycles. The first-order valence-corrected chi connectivity index (χ1v) is 3.58. The lowest BCUT2D eigenvalue weighted by Gasteiger charge is -2.10. The summed E-state index contributed by atoms with van der Waals surface area (Å²) in [5.74, 6) is 0. The molecule has 0 atom stereocenters. The molecule has 4 nitrogen and oxygen atoms in total. The number of aromatic nitrogens is 1. The number of nitrogens with two attached hydrogens (primary N) is 3. The number of alkyl halides is 2. The molecule has 1 heterocycles. The largest absolute Gasteiger partial charge is 0.397 e. The molecule has 1 rings (SSSR count). The molecule has 0 spiro atoms. The van der Waals surface area contributed by atoms with Crippen molar-refractivity contribution in [3.05, 3.63) is 17.5 Å². The van der Waals surface area contributed by atoms with E-state index in [9.17, 15) is 8.78 Å². The third kappa shape index (κ3) is 1.67. The molecule has 1 aromatic rings. The van der Waals surface area contributed by atoms with Crippen molar-refractivity contribution in [1.29, 1.82) is 0 Å². The van der Waals surface area contributed by atoms with Crippen LogP contribution in [-0.4, -0.2) is 4.98 Å². The highest BCUT2D eigenvalue weighted by molar-refractivity contribution is 5.67. The van der Waals surface area contributed by atoms with E-state index in [1.807, 2.05) is 0 Å². The van der Waals surface area contributed by atoms with Crippen LogP contribution in [-0.2, 0) is 6.54 Å². The van der Waals surface area contributed by atoms with Crippen molar-refractivity contribution in [3.63, 3.8) is 0 Å². The number of nitrogens with zero attached hydrogens (tertiary/aromatic N) is 1. The van der Waals surface area contributed by atoms with E-state index in [0.29, 0.717) is 0 Å². The Bertz CT molecular complexity index is 314. The molecule has 0 bridgehead atoms. The Hall–Kier alpha value is -1.43. The van der Waals surface area contributed by atoms with E-state index in [1.165, 1.54) is 6.20 Å². The Labute approximate surface area is 73.7 Å². The molecular weight excluding hydrogens is 178 g/mol. The molecule has 0 fully saturated rings. The minimum atomic E-state index is -2.70. The van der Waals surface area contributed by atoms with Gasteiger partial charge in [-0.25, -0.2) is 8.78 Å². The molecule has 0 aromatic carbocycles. The van der Waals surface area contributed by atoms with Crippen LogP contribution in [0, 0.1) is 0 Å². The zero-order valence-electron chi connectivity index (χ0n) is 6.80. The van der Waals surface area contributed by atoms with E-state index in [1.54, 1.807) is 0 Å². The predicted octanol–water partition coefficient (Wildman–Crippen LogP) is 0.642. The van der Waals surface area contributed by atoms with Crippen LogP contribution in [0.4, 0.5) is 20.2 Å². The molecule has 13 heavy (non-hydrogen) atoms. The normalized spacial score (nSPS) is 10.8. The monoisotopic (exact) mass is 188 g/mol. The lowest BCUT2D eigenvalue weighted by Crippen LogP contribution is -2.10. The fourth-order valence-electron chi connectivity index (χ4n) is 1.00. The molecular formula is C7H10F2N4. The van der Waals surface area contributed by atoms with Crippen LogP contribution in [0.15, 0.2) is 6.20 Å². The summed E-state index contributed by atoms with van der Waals surface area (Å²) in [7, 11) is 0. The molecule has 6 N–H and O–H groups in total. The van der Waals surface area contributed by atoms with Gasteiger partial charge in [0.2, 0.25) is 0 Å². The van der Waals surface area contributed by atoms with E-state index in [2.05, 4.69) is 4.98 Å². The first kappa shape index (κ1) is 9.66. The molecule has 0 saturated heterocycles. The standard InChI is InChI=1S/C7H10F2N4/c8-7(9)5-4(1-10)13-2-3(11)6(5)12/h2,7H,1,10-11H2,(H2,12,13). The SMILES string of the molecule is NCc1ncc(N)c(N)c1C(F)F. The molecule has 6 heteroatoms. The summed E-state index contributed by atoms with van der Waals surface area (Å²) in [6.07, 6.45) is -1.47. The minimum absolute atomic E-state index is 0.0486. The van der Waals surface area contributed by atoms with Gasteiger partial charge in [0.25, 0.3) is 6.43 Å². The predicted molar refractivity (Wildman–Crippen MR) is 45.9 cm³/mol. The number of hydrogen-bond donors (Lipinski definition) is 3. The van der Waals surface area contributed by atoms with Crippen molar-refractivity contribution in [2.75, 3.05) is 11.5 Å². The van der Waals surface area contributed by atoms with E-state index < -0.39 is 6.43 Å².